The van der Waals surface area contributed by atoms with Crippen molar-refractivity contribution >= 4 is 5.91 Å². The number of benzene rings is 2. The van der Waals surface area contributed by atoms with Crippen LogP contribution in [0.4, 0.5) is 4.39 Å². The molecule has 2 aromatic carbocycles. The molecule has 0 heterocycles. The molecule has 0 radical (unpaired) electrons. The highest BCUT2D eigenvalue weighted by Crippen LogP contribution is 2.14. The van der Waals surface area contributed by atoms with E-state index in [1.54, 1.807) is 24.3 Å². The molecular weight excluding hydrogens is 273 g/mol. The van der Waals surface area contributed by atoms with Gasteiger partial charge in [0, 0.05) is 0 Å². The number of rotatable bonds is 7. The number of ether oxygens (including phenoxy) is 2. The molecule has 5 heteroatoms. The van der Waals surface area contributed by atoms with Crippen LogP contribution in [0.1, 0.15) is 0 Å². The van der Waals surface area contributed by atoms with Gasteiger partial charge in [-0.1, -0.05) is 30.3 Å². The summed E-state index contributed by atoms with van der Waals surface area (Å²) in [4.78, 5) is 11.5. The minimum absolute atomic E-state index is 0.0658. The number of nitrogens with one attached hydrogen (secondary N) is 1. The molecule has 4 nitrogen and oxygen atoms in total. The lowest BCUT2D eigenvalue weighted by Gasteiger charge is -2.09. The first kappa shape index (κ1) is 14.8. The Morgan fingerprint density at radius 3 is 2.48 bits per heavy atom. The van der Waals surface area contributed by atoms with Crippen LogP contribution in [0.15, 0.2) is 54.6 Å². The van der Waals surface area contributed by atoms with Crippen LogP contribution in [0.2, 0.25) is 0 Å². The lowest BCUT2D eigenvalue weighted by Crippen LogP contribution is -2.32. The number of carbonyl (C=O) groups excluding carboxylic acids is 1. The molecule has 0 saturated carbocycles. The fourth-order valence-electron chi connectivity index (χ4n) is 1.63. The quantitative estimate of drug-likeness (QED) is 0.796. The lowest BCUT2D eigenvalue weighted by atomic mass is 10.3. The van der Waals surface area contributed by atoms with Crippen molar-refractivity contribution < 1.29 is 18.7 Å². The standard InChI is InChI=1S/C16H16FNO3/c17-14-8-4-5-9-15(14)20-11-10-18-16(19)12-21-13-6-2-1-3-7-13/h1-9H,10-12H2,(H,18,19). The van der Waals surface area contributed by atoms with Crippen LogP contribution in [-0.2, 0) is 4.79 Å². The van der Waals surface area contributed by atoms with E-state index in [1.165, 1.54) is 12.1 Å². The number of halogens is 1. The van der Waals surface area contributed by atoms with Crippen molar-refractivity contribution in [2.24, 2.45) is 0 Å². The zero-order chi connectivity index (χ0) is 14.9. The first-order valence-electron chi connectivity index (χ1n) is 6.57. The fourth-order valence-corrected chi connectivity index (χ4v) is 1.63. The third-order valence-corrected chi connectivity index (χ3v) is 2.63. The summed E-state index contributed by atoms with van der Waals surface area (Å²) in [5.41, 5.74) is 0. The number of amides is 1. The maximum Gasteiger partial charge on any atom is 0.258 e. The average molecular weight is 289 g/mol. The third-order valence-electron chi connectivity index (χ3n) is 2.63. The predicted octanol–water partition coefficient (Wildman–Crippen LogP) is 2.40. The van der Waals surface area contributed by atoms with Gasteiger partial charge in [-0.25, -0.2) is 4.39 Å². The van der Waals surface area contributed by atoms with E-state index in [0.29, 0.717) is 5.75 Å². The summed E-state index contributed by atoms with van der Waals surface area (Å²) < 4.78 is 23.8. The van der Waals surface area contributed by atoms with Crippen LogP contribution in [0.25, 0.3) is 0 Å². The average Bonchev–Trinajstić information content (AvgIpc) is 2.52. The Morgan fingerprint density at radius 1 is 1.00 bits per heavy atom. The summed E-state index contributed by atoms with van der Waals surface area (Å²) >= 11 is 0. The Labute approximate surface area is 122 Å². The van der Waals surface area contributed by atoms with Crippen molar-refractivity contribution in [3.63, 3.8) is 0 Å². The van der Waals surface area contributed by atoms with Crippen LogP contribution in [-0.4, -0.2) is 25.7 Å². The van der Waals surface area contributed by atoms with Crippen molar-refractivity contribution in [3.8, 4) is 11.5 Å². The highest BCUT2D eigenvalue weighted by Gasteiger charge is 2.03. The molecule has 0 saturated heterocycles. The molecule has 2 rings (SSSR count). The highest BCUT2D eigenvalue weighted by molar-refractivity contribution is 5.77. The van der Waals surface area contributed by atoms with Crippen molar-refractivity contribution in [2.75, 3.05) is 19.8 Å². The predicted molar refractivity (Wildman–Crippen MR) is 76.8 cm³/mol. The van der Waals surface area contributed by atoms with Crippen molar-refractivity contribution in [2.45, 2.75) is 0 Å². The molecule has 0 aliphatic heterocycles. The van der Waals surface area contributed by atoms with Gasteiger partial charge in [-0.15, -0.1) is 0 Å². The van der Waals surface area contributed by atoms with E-state index < -0.39 is 5.82 Å². The topological polar surface area (TPSA) is 47.6 Å². The van der Waals surface area contributed by atoms with Gasteiger partial charge in [0.2, 0.25) is 0 Å². The molecule has 0 fully saturated rings. The second-order valence-corrected chi connectivity index (χ2v) is 4.23. The molecule has 0 bridgehead atoms. The molecular formula is C16H16FNO3. The van der Waals surface area contributed by atoms with Crippen LogP contribution < -0.4 is 14.8 Å². The van der Waals surface area contributed by atoms with E-state index >= 15 is 0 Å². The van der Waals surface area contributed by atoms with Gasteiger partial charge < -0.3 is 14.8 Å². The minimum Gasteiger partial charge on any atom is -0.489 e. The van der Waals surface area contributed by atoms with E-state index in [0.717, 1.165) is 0 Å². The maximum absolute atomic E-state index is 13.3. The van der Waals surface area contributed by atoms with Gasteiger partial charge in [-0.05, 0) is 24.3 Å². The molecule has 21 heavy (non-hydrogen) atoms. The van der Waals surface area contributed by atoms with Crippen molar-refractivity contribution in [3.05, 3.63) is 60.4 Å². The second-order valence-electron chi connectivity index (χ2n) is 4.23. The SMILES string of the molecule is O=C(COc1ccccc1)NCCOc1ccccc1F. The van der Waals surface area contributed by atoms with E-state index in [1.807, 2.05) is 18.2 Å². The van der Waals surface area contributed by atoms with Gasteiger partial charge in [0.15, 0.2) is 18.2 Å². The molecule has 0 aromatic heterocycles. The zero-order valence-electron chi connectivity index (χ0n) is 11.4. The monoisotopic (exact) mass is 289 g/mol. The molecule has 1 amide bonds. The van der Waals surface area contributed by atoms with E-state index in [2.05, 4.69) is 5.32 Å². The maximum atomic E-state index is 13.3. The first-order valence-corrected chi connectivity index (χ1v) is 6.57. The molecule has 2 aromatic rings. The Kier molecular flexibility index (Phi) is 5.58. The molecule has 0 unspecified atom stereocenters. The highest BCUT2D eigenvalue weighted by atomic mass is 19.1. The Balaban J connectivity index is 1.62. The van der Waals surface area contributed by atoms with Crippen LogP contribution in [0.5, 0.6) is 11.5 Å². The Morgan fingerprint density at radius 2 is 1.71 bits per heavy atom. The molecule has 0 aliphatic rings. The van der Waals surface area contributed by atoms with E-state index in [9.17, 15) is 9.18 Å². The second kappa shape index (κ2) is 7.89. The van der Waals surface area contributed by atoms with Gasteiger partial charge in [0.05, 0.1) is 6.54 Å². The molecule has 0 spiro atoms. The minimum atomic E-state index is -0.420. The Hall–Kier alpha value is -2.56. The van der Waals surface area contributed by atoms with Crippen molar-refractivity contribution in [1.82, 2.24) is 5.32 Å². The first-order chi connectivity index (χ1) is 10.3. The van der Waals surface area contributed by atoms with Gasteiger partial charge in [-0.2, -0.15) is 0 Å². The van der Waals surface area contributed by atoms with Crippen molar-refractivity contribution in [1.29, 1.82) is 0 Å². The van der Waals surface area contributed by atoms with Gasteiger partial charge in [0.25, 0.3) is 5.91 Å². The number of carbonyl (C=O) groups is 1. The van der Waals surface area contributed by atoms with Crippen LogP contribution >= 0.6 is 0 Å². The number of para-hydroxylation sites is 2. The third kappa shape index (κ3) is 5.14. The largest absolute Gasteiger partial charge is 0.489 e. The van der Waals surface area contributed by atoms with Gasteiger partial charge in [-0.3, -0.25) is 4.79 Å². The van der Waals surface area contributed by atoms with E-state index in [4.69, 9.17) is 9.47 Å². The molecule has 1 N–H and O–H groups in total. The zero-order valence-corrected chi connectivity index (χ0v) is 11.4. The van der Waals surface area contributed by atoms with Gasteiger partial charge in [0.1, 0.15) is 12.4 Å². The summed E-state index contributed by atoms with van der Waals surface area (Å²) in [7, 11) is 0. The summed E-state index contributed by atoms with van der Waals surface area (Å²) in [5, 5.41) is 2.63. The number of hydrogen-bond acceptors (Lipinski definition) is 3. The fraction of sp³-hybridized carbons (Fsp3) is 0.188. The normalized spacial score (nSPS) is 9.95. The summed E-state index contributed by atoms with van der Waals surface area (Å²) in [6.07, 6.45) is 0. The summed E-state index contributed by atoms with van der Waals surface area (Å²) in [6.45, 7) is 0.410. The summed E-state index contributed by atoms with van der Waals surface area (Å²) in [5.74, 6) is 0.134. The summed E-state index contributed by atoms with van der Waals surface area (Å²) in [6, 6.07) is 15.2. The smallest absolute Gasteiger partial charge is 0.258 e. The van der Waals surface area contributed by atoms with Crippen LogP contribution in [0.3, 0.4) is 0 Å². The molecule has 110 valence electrons. The van der Waals surface area contributed by atoms with E-state index in [-0.39, 0.29) is 31.4 Å². The Bertz CT molecular complexity index is 575. The molecule has 0 atom stereocenters. The van der Waals surface area contributed by atoms with Crippen LogP contribution in [0, 0.1) is 5.82 Å². The number of hydrogen-bond donors (Lipinski definition) is 1. The van der Waals surface area contributed by atoms with Gasteiger partial charge >= 0.3 is 0 Å². The molecule has 0 aliphatic carbocycles. The lowest BCUT2D eigenvalue weighted by molar-refractivity contribution is -0.123.